The lowest BCUT2D eigenvalue weighted by molar-refractivity contribution is -0.116. The first-order chi connectivity index (χ1) is 10.5. The van der Waals surface area contributed by atoms with E-state index in [1.807, 2.05) is 32.9 Å². The van der Waals surface area contributed by atoms with Crippen LogP contribution in [0.2, 0.25) is 0 Å². The van der Waals surface area contributed by atoms with E-state index in [4.69, 9.17) is 4.42 Å². The van der Waals surface area contributed by atoms with Crippen LogP contribution >= 0.6 is 0 Å². The molecule has 3 rings (SSSR count). The molecular weight excluding hydrogens is 284 g/mol. The van der Waals surface area contributed by atoms with Crippen LogP contribution < -0.4 is 4.90 Å². The maximum atomic E-state index is 12.5. The number of rotatable bonds is 3. The second-order valence-corrected chi connectivity index (χ2v) is 5.48. The Morgan fingerprint density at radius 1 is 1.27 bits per heavy atom. The number of carbonyl (C=O) groups excluding carboxylic acids is 2. The van der Waals surface area contributed by atoms with Gasteiger partial charge in [-0.1, -0.05) is 6.07 Å². The van der Waals surface area contributed by atoms with Crippen LogP contribution in [0.3, 0.4) is 0 Å². The molecule has 7 nitrogen and oxygen atoms in total. The Labute approximate surface area is 127 Å². The molecule has 1 saturated heterocycles. The van der Waals surface area contributed by atoms with Crippen molar-refractivity contribution in [2.24, 2.45) is 0 Å². The van der Waals surface area contributed by atoms with Gasteiger partial charge in [0.05, 0.1) is 5.69 Å². The van der Waals surface area contributed by atoms with E-state index in [-0.39, 0.29) is 24.5 Å². The number of amides is 3. The molecule has 0 bridgehead atoms. The quantitative estimate of drug-likeness (QED) is 0.812. The standard InChI is InChI=1S/C15H16N4O3/c1-9(2)18-7-13(20)19(15(18)21)12-6-11(5-4-10(12)3)14-17-16-8-22-14/h4-6,8-9H,7H2,1-3H3. The summed E-state index contributed by atoms with van der Waals surface area (Å²) in [7, 11) is 0. The molecule has 7 heteroatoms. The first-order valence-electron chi connectivity index (χ1n) is 7.00. The number of hydrogen-bond donors (Lipinski definition) is 0. The molecule has 1 aromatic carbocycles. The summed E-state index contributed by atoms with van der Waals surface area (Å²) in [5.41, 5.74) is 2.05. The lowest BCUT2D eigenvalue weighted by atomic mass is 10.1. The van der Waals surface area contributed by atoms with Crippen molar-refractivity contribution in [1.82, 2.24) is 15.1 Å². The number of aromatic nitrogens is 2. The van der Waals surface area contributed by atoms with E-state index in [1.165, 1.54) is 11.3 Å². The van der Waals surface area contributed by atoms with Gasteiger partial charge in [-0.25, -0.2) is 9.69 Å². The van der Waals surface area contributed by atoms with Gasteiger partial charge in [-0.05, 0) is 38.5 Å². The largest absolute Gasteiger partial charge is 0.423 e. The summed E-state index contributed by atoms with van der Waals surface area (Å²) in [4.78, 5) is 27.5. The fourth-order valence-electron chi connectivity index (χ4n) is 2.44. The topological polar surface area (TPSA) is 79.5 Å². The molecule has 1 fully saturated rings. The van der Waals surface area contributed by atoms with E-state index < -0.39 is 0 Å². The minimum absolute atomic E-state index is 0.0270. The number of nitrogens with zero attached hydrogens (tertiary/aromatic N) is 4. The zero-order valence-corrected chi connectivity index (χ0v) is 12.6. The SMILES string of the molecule is Cc1ccc(-c2nnco2)cc1N1C(=O)CN(C(C)C)C1=O. The number of imide groups is 1. The summed E-state index contributed by atoms with van der Waals surface area (Å²) >= 11 is 0. The number of aryl methyl sites for hydroxylation is 1. The monoisotopic (exact) mass is 300 g/mol. The van der Waals surface area contributed by atoms with Crippen molar-refractivity contribution in [3.05, 3.63) is 30.2 Å². The molecule has 3 amide bonds. The van der Waals surface area contributed by atoms with Crippen LogP contribution in [0, 0.1) is 6.92 Å². The fraction of sp³-hybridized carbons (Fsp3) is 0.333. The molecule has 0 spiro atoms. The summed E-state index contributed by atoms with van der Waals surface area (Å²) in [6, 6.07) is 5.04. The highest BCUT2D eigenvalue weighted by Crippen LogP contribution is 2.30. The maximum Gasteiger partial charge on any atom is 0.332 e. The molecule has 1 aromatic heterocycles. The molecule has 0 atom stereocenters. The highest BCUT2D eigenvalue weighted by molar-refractivity contribution is 6.20. The molecule has 1 aliphatic heterocycles. The Morgan fingerprint density at radius 3 is 2.64 bits per heavy atom. The van der Waals surface area contributed by atoms with Crippen molar-refractivity contribution < 1.29 is 14.0 Å². The van der Waals surface area contributed by atoms with E-state index in [1.54, 1.807) is 11.0 Å². The van der Waals surface area contributed by atoms with Crippen molar-refractivity contribution in [3.63, 3.8) is 0 Å². The van der Waals surface area contributed by atoms with Gasteiger partial charge in [-0.2, -0.15) is 0 Å². The second-order valence-electron chi connectivity index (χ2n) is 5.48. The number of carbonyl (C=O) groups is 2. The molecule has 114 valence electrons. The Kier molecular flexibility index (Phi) is 3.40. The number of anilines is 1. The van der Waals surface area contributed by atoms with Crippen LogP contribution in [0.25, 0.3) is 11.5 Å². The third-order valence-corrected chi connectivity index (χ3v) is 3.67. The van der Waals surface area contributed by atoms with E-state index in [2.05, 4.69) is 10.2 Å². The summed E-state index contributed by atoms with van der Waals surface area (Å²) in [6.07, 6.45) is 1.24. The zero-order valence-electron chi connectivity index (χ0n) is 12.6. The third kappa shape index (κ3) is 2.24. The van der Waals surface area contributed by atoms with Crippen molar-refractivity contribution in [1.29, 1.82) is 0 Å². The molecule has 0 saturated carbocycles. The number of hydrogen-bond acceptors (Lipinski definition) is 5. The molecular formula is C15H16N4O3. The van der Waals surface area contributed by atoms with Gasteiger partial charge in [-0.3, -0.25) is 4.79 Å². The Balaban J connectivity index is 2.03. The lowest BCUT2D eigenvalue weighted by Crippen LogP contribution is -2.36. The van der Waals surface area contributed by atoms with Gasteiger partial charge in [-0.15, -0.1) is 10.2 Å². The molecule has 0 N–H and O–H groups in total. The van der Waals surface area contributed by atoms with Crippen LogP contribution in [-0.4, -0.2) is 39.6 Å². The minimum atomic E-state index is -0.300. The highest BCUT2D eigenvalue weighted by atomic mass is 16.4. The first kappa shape index (κ1) is 14.2. The summed E-state index contributed by atoms with van der Waals surface area (Å²) in [5.74, 6) is 0.116. The van der Waals surface area contributed by atoms with Crippen LogP contribution in [0.4, 0.5) is 10.5 Å². The van der Waals surface area contributed by atoms with Crippen LogP contribution in [-0.2, 0) is 4.79 Å². The Morgan fingerprint density at radius 2 is 2.05 bits per heavy atom. The zero-order chi connectivity index (χ0) is 15.9. The number of urea groups is 1. The van der Waals surface area contributed by atoms with Crippen LogP contribution in [0.15, 0.2) is 29.0 Å². The fourth-order valence-corrected chi connectivity index (χ4v) is 2.44. The molecule has 22 heavy (non-hydrogen) atoms. The van der Waals surface area contributed by atoms with Crippen LogP contribution in [0.1, 0.15) is 19.4 Å². The first-order valence-corrected chi connectivity index (χ1v) is 7.00. The van der Waals surface area contributed by atoms with Gasteiger partial charge in [0, 0.05) is 11.6 Å². The maximum absolute atomic E-state index is 12.5. The van der Waals surface area contributed by atoms with Crippen molar-refractivity contribution in [2.45, 2.75) is 26.8 Å². The molecule has 1 aliphatic rings. The Bertz CT molecular complexity index is 724. The summed E-state index contributed by atoms with van der Waals surface area (Å²) in [6.45, 7) is 5.72. The van der Waals surface area contributed by atoms with Gasteiger partial charge in [0.15, 0.2) is 0 Å². The van der Waals surface area contributed by atoms with E-state index in [9.17, 15) is 9.59 Å². The van der Waals surface area contributed by atoms with E-state index in [0.29, 0.717) is 17.1 Å². The highest BCUT2D eigenvalue weighted by Gasteiger charge is 2.39. The summed E-state index contributed by atoms with van der Waals surface area (Å²) in [5, 5.41) is 7.49. The van der Waals surface area contributed by atoms with Crippen molar-refractivity contribution >= 4 is 17.6 Å². The predicted octanol–water partition coefficient (Wildman–Crippen LogP) is 2.22. The van der Waals surface area contributed by atoms with E-state index in [0.717, 1.165) is 5.56 Å². The third-order valence-electron chi connectivity index (χ3n) is 3.67. The molecule has 2 heterocycles. The normalized spacial score (nSPS) is 15.3. The molecule has 0 unspecified atom stereocenters. The van der Waals surface area contributed by atoms with Gasteiger partial charge in [0.2, 0.25) is 12.3 Å². The summed E-state index contributed by atoms with van der Waals surface area (Å²) < 4.78 is 5.17. The smallest absolute Gasteiger partial charge is 0.332 e. The van der Waals surface area contributed by atoms with Gasteiger partial charge in [0.1, 0.15) is 6.54 Å². The predicted molar refractivity (Wildman–Crippen MR) is 79.2 cm³/mol. The van der Waals surface area contributed by atoms with Crippen LogP contribution in [0.5, 0.6) is 0 Å². The Hall–Kier alpha value is -2.70. The molecule has 0 aliphatic carbocycles. The van der Waals surface area contributed by atoms with Crippen molar-refractivity contribution in [2.75, 3.05) is 11.4 Å². The number of benzene rings is 1. The lowest BCUT2D eigenvalue weighted by Gasteiger charge is -2.21. The van der Waals surface area contributed by atoms with Gasteiger partial charge >= 0.3 is 6.03 Å². The molecule has 2 aromatic rings. The van der Waals surface area contributed by atoms with Crippen molar-refractivity contribution in [3.8, 4) is 11.5 Å². The van der Waals surface area contributed by atoms with Gasteiger partial charge < -0.3 is 9.32 Å². The molecule has 0 radical (unpaired) electrons. The average molecular weight is 300 g/mol. The average Bonchev–Trinajstić information content (AvgIpc) is 3.09. The van der Waals surface area contributed by atoms with Gasteiger partial charge in [0.25, 0.3) is 5.91 Å². The van der Waals surface area contributed by atoms with E-state index >= 15 is 0 Å². The second kappa shape index (κ2) is 5.25. The minimum Gasteiger partial charge on any atom is -0.423 e.